The molecule has 2 rings (SSSR count). The van der Waals surface area contributed by atoms with E-state index in [0.717, 1.165) is 25.3 Å². The van der Waals surface area contributed by atoms with E-state index in [1.807, 2.05) is 0 Å². The molecule has 0 amide bonds. The Bertz CT molecular complexity index is 557. The van der Waals surface area contributed by atoms with Crippen LogP contribution in [0, 0.1) is 3.57 Å². The lowest BCUT2D eigenvalue weighted by atomic mass is 10.3. The van der Waals surface area contributed by atoms with Crippen molar-refractivity contribution >= 4 is 54.2 Å². The minimum Gasteiger partial charge on any atom is -0.362 e. The van der Waals surface area contributed by atoms with Crippen molar-refractivity contribution in [3.63, 3.8) is 0 Å². The van der Waals surface area contributed by atoms with Crippen LogP contribution in [0.25, 0.3) is 11.0 Å². The molecular formula is C13H18ClIN2Si. The molecule has 0 aliphatic heterocycles. The minimum absolute atomic E-state index is 0.718. The highest BCUT2D eigenvalue weighted by Gasteiger charge is 2.24. The van der Waals surface area contributed by atoms with Gasteiger partial charge in [-0.15, -0.1) is 0 Å². The average molecular weight is 393 g/mol. The van der Waals surface area contributed by atoms with Gasteiger partial charge in [0.15, 0.2) is 8.96 Å². The van der Waals surface area contributed by atoms with Gasteiger partial charge in [0.1, 0.15) is 5.65 Å². The zero-order valence-corrected chi connectivity index (χ0v) is 15.2. The van der Waals surface area contributed by atoms with Crippen LogP contribution in [-0.2, 0) is 0 Å². The Morgan fingerprint density at radius 3 is 2.44 bits per heavy atom. The third-order valence-corrected chi connectivity index (χ3v) is 8.88. The van der Waals surface area contributed by atoms with Crippen LogP contribution in [0.2, 0.25) is 16.1 Å². The van der Waals surface area contributed by atoms with Crippen LogP contribution >= 0.6 is 34.2 Å². The van der Waals surface area contributed by atoms with E-state index >= 15 is 0 Å². The summed E-state index contributed by atoms with van der Waals surface area (Å²) in [5.74, 6) is 0. The van der Waals surface area contributed by atoms with Gasteiger partial charge < -0.3 is 4.23 Å². The molecule has 0 aliphatic carbocycles. The first-order valence-electron chi connectivity index (χ1n) is 6.24. The summed E-state index contributed by atoms with van der Waals surface area (Å²) in [4.78, 5) is 4.55. The van der Waals surface area contributed by atoms with Gasteiger partial charge in [-0.25, -0.2) is 4.98 Å². The highest BCUT2D eigenvalue weighted by molar-refractivity contribution is 14.1. The lowest BCUT2D eigenvalue weighted by Crippen LogP contribution is -2.30. The van der Waals surface area contributed by atoms with Gasteiger partial charge in [-0.3, -0.25) is 0 Å². The van der Waals surface area contributed by atoms with E-state index in [4.69, 9.17) is 11.6 Å². The minimum atomic E-state index is -1.07. The van der Waals surface area contributed by atoms with Crippen LogP contribution in [-0.4, -0.2) is 18.2 Å². The molecule has 0 bridgehead atoms. The van der Waals surface area contributed by atoms with Gasteiger partial charge in [-0.2, -0.15) is 0 Å². The first-order chi connectivity index (χ1) is 8.43. The molecule has 0 N–H and O–H groups in total. The van der Waals surface area contributed by atoms with Gasteiger partial charge in [0.2, 0.25) is 0 Å². The maximum Gasteiger partial charge on any atom is 0.152 e. The smallest absolute Gasteiger partial charge is 0.152 e. The van der Waals surface area contributed by atoms with Crippen molar-refractivity contribution in [2.45, 2.75) is 38.8 Å². The normalized spacial score (nSPS) is 12.3. The largest absolute Gasteiger partial charge is 0.362 e. The van der Waals surface area contributed by atoms with E-state index in [9.17, 15) is 0 Å². The topological polar surface area (TPSA) is 17.8 Å². The molecule has 0 aliphatic rings. The Kier molecular flexibility index (Phi) is 4.39. The van der Waals surface area contributed by atoms with E-state index in [1.54, 1.807) is 6.20 Å². The molecule has 2 heterocycles. The fourth-order valence-electron chi connectivity index (χ4n) is 2.70. The first-order valence-corrected chi connectivity index (χ1v) is 9.54. The second-order valence-corrected chi connectivity index (χ2v) is 11.0. The molecule has 5 heteroatoms. The third-order valence-electron chi connectivity index (χ3n) is 3.32. The van der Waals surface area contributed by atoms with Gasteiger partial charge in [0, 0.05) is 15.2 Å². The van der Waals surface area contributed by atoms with Crippen LogP contribution in [0.15, 0.2) is 18.5 Å². The number of halogens is 2. The molecule has 0 unspecified atom stereocenters. The molecule has 0 radical (unpaired) electrons. The van der Waals surface area contributed by atoms with Gasteiger partial charge in [0.25, 0.3) is 0 Å². The Hall–Kier alpha value is -0.0731. The van der Waals surface area contributed by atoms with E-state index in [0.29, 0.717) is 0 Å². The van der Waals surface area contributed by atoms with Crippen LogP contribution in [0.3, 0.4) is 0 Å². The van der Waals surface area contributed by atoms with Crippen molar-refractivity contribution in [1.82, 2.24) is 9.22 Å². The number of pyridine rings is 1. The SMILES string of the molecule is CC(C)[SiH](C(C)C)n1ccc2c(I)c(Cl)cnc21. The molecule has 98 valence electrons. The molecule has 0 saturated carbocycles. The highest BCUT2D eigenvalue weighted by atomic mass is 127. The maximum atomic E-state index is 6.13. The highest BCUT2D eigenvalue weighted by Crippen LogP contribution is 2.30. The molecule has 0 spiro atoms. The zero-order valence-electron chi connectivity index (χ0n) is 11.1. The van der Waals surface area contributed by atoms with E-state index in [1.165, 1.54) is 5.39 Å². The van der Waals surface area contributed by atoms with Crippen molar-refractivity contribution < 1.29 is 0 Å². The molecular weight excluding hydrogens is 375 g/mol. The Labute approximate surface area is 129 Å². The summed E-state index contributed by atoms with van der Waals surface area (Å²) in [5, 5.41) is 1.93. The third kappa shape index (κ3) is 2.47. The van der Waals surface area contributed by atoms with Crippen molar-refractivity contribution in [2.24, 2.45) is 0 Å². The summed E-state index contributed by atoms with van der Waals surface area (Å²) < 4.78 is 3.54. The van der Waals surface area contributed by atoms with Crippen molar-refractivity contribution in [3.05, 3.63) is 27.1 Å². The van der Waals surface area contributed by atoms with Gasteiger partial charge in [-0.1, -0.05) is 39.3 Å². The van der Waals surface area contributed by atoms with E-state index in [2.05, 4.69) is 71.8 Å². The van der Waals surface area contributed by atoms with Crippen LogP contribution in [0.4, 0.5) is 0 Å². The second-order valence-electron chi connectivity index (χ2n) is 5.36. The predicted molar refractivity (Wildman–Crippen MR) is 90.2 cm³/mol. The van der Waals surface area contributed by atoms with Crippen molar-refractivity contribution in [3.8, 4) is 0 Å². The number of fused-ring (bicyclic) bond motifs is 1. The van der Waals surface area contributed by atoms with Gasteiger partial charge in [0.05, 0.1) is 5.02 Å². The molecule has 0 atom stereocenters. The van der Waals surface area contributed by atoms with Crippen molar-refractivity contribution in [2.75, 3.05) is 0 Å². The maximum absolute atomic E-state index is 6.13. The number of aromatic nitrogens is 2. The summed E-state index contributed by atoms with van der Waals surface area (Å²) in [6.07, 6.45) is 3.97. The van der Waals surface area contributed by atoms with Gasteiger partial charge >= 0.3 is 0 Å². The quantitative estimate of drug-likeness (QED) is 0.547. The van der Waals surface area contributed by atoms with E-state index < -0.39 is 8.96 Å². The molecule has 2 nitrogen and oxygen atoms in total. The van der Waals surface area contributed by atoms with Crippen LogP contribution in [0.1, 0.15) is 27.7 Å². The molecule has 0 aromatic carbocycles. The monoisotopic (exact) mass is 392 g/mol. The fourth-order valence-corrected chi connectivity index (χ4v) is 7.01. The average Bonchev–Trinajstić information content (AvgIpc) is 2.67. The molecule has 0 fully saturated rings. The number of rotatable bonds is 3. The first kappa shape index (κ1) is 14.3. The fraction of sp³-hybridized carbons (Fsp3) is 0.462. The Morgan fingerprint density at radius 2 is 1.89 bits per heavy atom. The Balaban J connectivity index is 2.62. The lowest BCUT2D eigenvalue weighted by molar-refractivity contribution is 0.891. The molecule has 2 aromatic heterocycles. The zero-order chi connectivity index (χ0) is 13.4. The molecule has 0 saturated heterocycles. The number of hydrogen-bond donors (Lipinski definition) is 0. The lowest BCUT2D eigenvalue weighted by Gasteiger charge is -2.25. The Morgan fingerprint density at radius 1 is 1.28 bits per heavy atom. The molecule has 18 heavy (non-hydrogen) atoms. The number of hydrogen-bond acceptors (Lipinski definition) is 1. The van der Waals surface area contributed by atoms with Crippen LogP contribution in [0.5, 0.6) is 0 Å². The number of nitrogens with zero attached hydrogens (tertiary/aromatic N) is 2. The summed E-state index contributed by atoms with van der Waals surface area (Å²) in [6, 6.07) is 2.15. The summed E-state index contributed by atoms with van der Waals surface area (Å²) in [7, 11) is -1.07. The summed E-state index contributed by atoms with van der Waals surface area (Å²) in [5.41, 5.74) is 2.54. The van der Waals surface area contributed by atoms with Gasteiger partial charge in [-0.05, 0) is 45.9 Å². The predicted octanol–water partition coefficient (Wildman–Crippen LogP) is 4.69. The standard InChI is InChI=1S/C13H18ClIN2Si/c1-8(2)18(9(3)4)17-6-5-10-12(15)11(14)7-16-13(10)17/h5-9,18H,1-4H3. The van der Waals surface area contributed by atoms with E-state index in [-0.39, 0.29) is 0 Å². The van der Waals surface area contributed by atoms with Crippen LogP contribution < -0.4 is 0 Å². The summed E-state index contributed by atoms with van der Waals surface area (Å²) >= 11 is 8.44. The summed E-state index contributed by atoms with van der Waals surface area (Å²) in [6.45, 7) is 9.29. The van der Waals surface area contributed by atoms with Crippen molar-refractivity contribution in [1.29, 1.82) is 0 Å². The second kappa shape index (κ2) is 5.51. The molecule has 2 aromatic rings.